The minimum Gasteiger partial charge on any atom is -0.488 e. The van der Waals surface area contributed by atoms with E-state index in [1.54, 1.807) is 0 Å². The van der Waals surface area contributed by atoms with Crippen molar-refractivity contribution in [3.8, 4) is 5.75 Å². The molecule has 0 spiro atoms. The first-order valence-electron chi connectivity index (χ1n) is 4.17. The molecule has 1 aromatic rings. The fourth-order valence-corrected chi connectivity index (χ4v) is 2.04. The molecule has 1 fully saturated rings. The molecule has 15 heavy (non-hydrogen) atoms. The molecule has 2 nitrogen and oxygen atoms in total. The maximum absolute atomic E-state index is 5.94. The van der Waals surface area contributed by atoms with E-state index in [1.165, 1.54) is 6.07 Å². The highest BCUT2D eigenvalue weighted by Gasteiger charge is 2.24. The van der Waals surface area contributed by atoms with E-state index in [-0.39, 0.29) is 16.1 Å². The molecule has 1 saturated heterocycles. The average Bonchev–Trinajstić information content (AvgIpc) is 2.98. The minimum absolute atomic E-state index is 0.131. The van der Waals surface area contributed by atoms with Gasteiger partial charge in [-0.25, -0.2) is 0 Å². The van der Waals surface area contributed by atoms with Crippen LogP contribution in [-0.2, 0) is 4.74 Å². The third-order valence-electron chi connectivity index (χ3n) is 1.89. The number of epoxide rings is 1. The van der Waals surface area contributed by atoms with E-state index in [0.717, 1.165) is 0 Å². The van der Waals surface area contributed by atoms with Gasteiger partial charge in [0.05, 0.1) is 21.7 Å². The van der Waals surface area contributed by atoms with Crippen molar-refractivity contribution >= 4 is 46.4 Å². The van der Waals surface area contributed by atoms with Crippen LogP contribution in [-0.4, -0.2) is 19.3 Å². The first kappa shape index (κ1) is 11.6. The van der Waals surface area contributed by atoms with Crippen LogP contribution in [0, 0.1) is 0 Å². The number of hydrogen-bond acceptors (Lipinski definition) is 2. The SMILES string of the molecule is Clc1cc(Cl)c(OCC2CO2)c(Cl)c1Cl. The summed E-state index contributed by atoms with van der Waals surface area (Å²) in [4.78, 5) is 0. The van der Waals surface area contributed by atoms with Gasteiger partial charge in [0.25, 0.3) is 0 Å². The fraction of sp³-hybridized carbons (Fsp3) is 0.333. The number of rotatable bonds is 3. The Morgan fingerprint density at radius 2 is 1.87 bits per heavy atom. The summed E-state index contributed by atoms with van der Waals surface area (Å²) in [6, 6.07) is 1.50. The maximum Gasteiger partial charge on any atom is 0.158 e. The maximum atomic E-state index is 5.94. The second-order valence-electron chi connectivity index (χ2n) is 3.06. The summed E-state index contributed by atoms with van der Waals surface area (Å²) in [5.41, 5.74) is 0. The summed E-state index contributed by atoms with van der Waals surface area (Å²) in [7, 11) is 0. The molecule has 2 rings (SSSR count). The second-order valence-corrected chi connectivity index (χ2v) is 4.63. The Morgan fingerprint density at radius 1 is 1.20 bits per heavy atom. The Labute approximate surface area is 107 Å². The van der Waals surface area contributed by atoms with Gasteiger partial charge in [0.15, 0.2) is 5.75 Å². The van der Waals surface area contributed by atoms with Crippen molar-refractivity contribution in [2.75, 3.05) is 13.2 Å². The molecule has 0 aliphatic carbocycles. The van der Waals surface area contributed by atoms with E-state index in [1.807, 2.05) is 0 Å². The first-order valence-corrected chi connectivity index (χ1v) is 5.68. The van der Waals surface area contributed by atoms with Crippen LogP contribution in [0.25, 0.3) is 0 Å². The summed E-state index contributed by atoms with van der Waals surface area (Å²) in [6.45, 7) is 1.12. The second kappa shape index (κ2) is 4.56. The van der Waals surface area contributed by atoms with Crippen molar-refractivity contribution in [1.29, 1.82) is 0 Å². The molecule has 1 atom stereocenters. The third-order valence-corrected chi connectivity index (χ3v) is 3.41. The Balaban J connectivity index is 2.23. The number of ether oxygens (including phenoxy) is 2. The molecule has 82 valence electrons. The zero-order valence-electron chi connectivity index (χ0n) is 7.40. The Hall–Kier alpha value is 0.140. The number of benzene rings is 1. The van der Waals surface area contributed by atoms with Gasteiger partial charge in [-0.2, -0.15) is 0 Å². The zero-order chi connectivity index (χ0) is 11.0. The van der Waals surface area contributed by atoms with Gasteiger partial charge in [0.2, 0.25) is 0 Å². The highest BCUT2D eigenvalue weighted by atomic mass is 35.5. The molecule has 0 aromatic heterocycles. The summed E-state index contributed by atoms with van der Waals surface area (Å²) in [5.74, 6) is 0.350. The van der Waals surface area contributed by atoms with E-state index >= 15 is 0 Å². The molecule has 0 N–H and O–H groups in total. The van der Waals surface area contributed by atoms with Gasteiger partial charge in [-0.1, -0.05) is 46.4 Å². The van der Waals surface area contributed by atoms with E-state index < -0.39 is 0 Å². The van der Waals surface area contributed by atoms with Crippen molar-refractivity contribution in [1.82, 2.24) is 0 Å². The topological polar surface area (TPSA) is 21.8 Å². The molecular formula is C9H6Cl4O2. The summed E-state index contributed by atoms with van der Waals surface area (Å²) >= 11 is 23.5. The molecule has 6 heteroatoms. The molecule has 1 heterocycles. The van der Waals surface area contributed by atoms with E-state index in [2.05, 4.69) is 0 Å². The van der Waals surface area contributed by atoms with Crippen molar-refractivity contribution in [2.24, 2.45) is 0 Å². The summed E-state index contributed by atoms with van der Waals surface area (Å²) in [6.07, 6.45) is 0.131. The van der Waals surface area contributed by atoms with Crippen molar-refractivity contribution in [3.63, 3.8) is 0 Å². The monoisotopic (exact) mass is 286 g/mol. The molecule has 0 bridgehead atoms. The molecule has 0 radical (unpaired) electrons. The predicted molar refractivity (Wildman–Crippen MR) is 61.7 cm³/mol. The average molecular weight is 288 g/mol. The normalized spacial score (nSPS) is 19.1. The van der Waals surface area contributed by atoms with Crippen LogP contribution < -0.4 is 4.74 Å². The molecule has 1 aliphatic rings. The Morgan fingerprint density at radius 3 is 2.47 bits per heavy atom. The van der Waals surface area contributed by atoms with Gasteiger partial charge in [0.1, 0.15) is 17.7 Å². The van der Waals surface area contributed by atoms with Crippen LogP contribution in [0.3, 0.4) is 0 Å². The van der Waals surface area contributed by atoms with E-state index in [4.69, 9.17) is 55.9 Å². The van der Waals surface area contributed by atoms with Gasteiger partial charge < -0.3 is 9.47 Å². The summed E-state index contributed by atoms with van der Waals surface area (Å²) in [5, 5.41) is 1.13. The summed E-state index contributed by atoms with van der Waals surface area (Å²) < 4.78 is 10.4. The van der Waals surface area contributed by atoms with Crippen LogP contribution in [0.5, 0.6) is 5.75 Å². The van der Waals surface area contributed by atoms with Crippen LogP contribution in [0.15, 0.2) is 6.07 Å². The third kappa shape index (κ3) is 2.63. The van der Waals surface area contributed by atoms with Crippen molar-refractivity contribution in [2.45, 2.75) is 6.10 Å². The lowest BCUT2D eigenvalue weighted by molar-refractivity contribution is 0.263. The van der Waals surface area contributed by atoms with Crippen molar-refractivity contribution < 1.29 is 9.47 Å². The largest absolute Gasteiger partial charge is 0.488 e. The molecule has 0 amide bonds. The molecular weight excluding hydrogens is 282 g/mol. The lowest BCUT2D eigenvalue weighted by Crippen LogP contribution is -2.05. The van der Waals surface area contributed by atoms with Gasteiger partial charge in [0, 0.05) is 0 Å². The van der Waals surface area contributed by atoms with Crippen LogP contribution in [0.2, 0.25) is 20.1 Å². The molecule has 1 aromatic carbocycles. The van der Waals surface area contributed by atoms with Gasteiger partial charge >= 0.3 is 0 Å². The molecule has 1 aliphatic heterocycles. The Bertz CT molecular complexity index is 390. The first-order chi connectivity index (χ1) is 7.09. The fourth-order valence-electron chi connectivity index (χ4n) is 1.02. The minimum atomic E-state index is 0.131. The van der Waals surface area contributed by atoms with Crippen molar-refractivity contribution in [3.05, 3.63) is 26.2 Å². The van der Waals surface area contributed by atoms with Gasteiger partial charge in [-0.15, -0.1) is 0 Å². The predicted octanol–water partition coefficient (Wildman–Crippen LogP) is 4.08. The Kier molecular flexibility index (Phi) is 3.53. The van der Waals surface area contributed by atoms with E-state index in [9.17, 15) is 0 Å². The van der Waals surface area contributed by atoms with E-state index in [0.29, 0.717) is 29.0 Å². The highest BCUT2D eigenvalue weighted by Crippen LogP contribution is 2.42. The van der Waals surface area contributed by atoms with Crippen LogP contribution >= 0.6 is 46.4 Å². The lowest BCUT2D eigenvalue weighted by atomic mass is 10.3. The van der Waals surface area contributed by atoms with Gasteiger partial charge in [-0.3, -0.25) is 0 Å². The standard InChI is InChI=1S/C9H6Cl4O2/c10-5-1-6(11)9(8(13)7(5)12)15-3-4-2-14-4/h1,4H,2-3H2. The lowest BCUT2D eigenvalue weighted by Gasteiger charge is -2.10. The molecule has 1 unspecified atom stereocenters. The smallest absolute Gasteiger partial charge is 0.158 e. The van der Waals surface area contributed by atoms with Gasteiger partial charge in [-0.05, 0) is 6.07 Å². The number of hydrogen-bond donors (Lipinski definition) is 0. The van der Waals surface area contributed by atoms with Crippen LogP contribution in [0.4, 0.5) is 0 Å². The number of halogens is 4. The zero-order valence-corrected chi connectivity index (χ0v) is 10.4. The quantitative estimate of drug-likeness (QED) is 0.475. The molecule has 0 saturated carbocycles. The van der Waals surface area contributed by atoms with Crippen LogP contribution in [0.1, 0.15) is 0 Å². The highest BCUT2D eigenvalue weighted by molar-refractivity contribution is 6.50.